The highest BCUT2D eigenvalue weighted by molar-refractivity contribution is 6.30. The number of halogens is 1. The van der Waals surface area contributed by atoms with Gasteiger partial charge in [-0.05, 0) is 49.3 Å². The molecule has 0 bridgehead atoms. The van der Waals surface area contributed by atoms with Crippen LogP contribution in [0.4, 0.5) is 0 Å². The Morgan fingerprint density at radius 3 is 2.70 bits per heavy atom. The summed E-state index contributed by atoms with van der Waals surface area (Å²) in [4.78, 5) is 15.5. The monoisotopic (exact) mass is 329 g/mol. The number of carbonyl (C=O) groups is 1. The van der Waals surface area contributed by atoms with E-state index in [2.05, 4.69) is 29.2 Å². The van der Waals surface area contributed by atoms with Gasteiger partial charge < -0.3 is 4.74 Å². The Morgan fingerprint density at radius 2 is 2.09 bits per heavy atom. The molecule has 3 rings (SSSR count). The van der Waals surface area contributed by atoms with Crippen LogP contribution in [0.15, 0.2) is 36.5 Å². The molecule has 2 atom stereocenters. The number of benzene rings is 1. The summed E-state index contributed by atoms with van der Waals surface area (Å²) in [5.74, 6) is 1.82. The van der Waals surface area contributed by atoms with Gasteiger partial charge in [0.05, 0.1) is 12.1 Å². The van der Waals surface area contributed by atoms with Crippen LogP contribution in [0.2, 0.25) is 5.02 Å². The number of ether oxygens (including phenoxy) is 1. The molecule has 0 saturated heterocycles. The second-order valence-corrected chi connectivity index (χ2v) is 6.60. The third kappa shape index (κ3) is 3.73. The Kier molecular flexibility index (Phi) is 4.67. The van der Waals surface area contributed by atoms with Gasteiger partial charge in [-0.2, -0.15) is 0 Å². The van der Waals surface area contributed by atoms with Gasteiger partial charge in [0.25, 0.3) is 0 Å². The van der Waals surface area contributed by atoms with Crippen LogP contribution >= 0.6 is 11.6 Å². The second kappa shape index (κ2) is 6.71. The molecular weight excluding hydrogens is 310 g/mol. The molecule has 2 unspecified atom stereocenters. The van der Waals surface area contributed by atoms with E-state index >= 15 is 0 Å². The Morgan fingerprint density at radius 1 is 1.35 bits per heavy atom. The first-order chi connectivity index (χ1) is 11.1. The zero-order valence-electron chi connectivity index (χ0n) is 13.4. The zero-order chi connectivity index (χ0) is 16.4. The average Bonchev–Trinajstić information content (AvgIpc) is 3.33. The second-order valence-electron chi connectivity index (χ2n) is 6.16. The molecule has 3 nitrogen and oxygen atoms in total. The summed E-state index contributed by atoms with van der Waals surface area (Å²) in [7, 11) is 1.61. The normalized spacial score (nSPS) is 19.4. The van der Waals surface area contributed by atoms with E-state index in [0.717, 1.165) is 30.4 Å². The predicted octanol–water partition coefficient (Wildman–Crippen LogP) is 4.57. The molecule has 0 radical (unpaired) electrons. The number of pyridine rings is 1. The minimum Gasteiger partial charge on any atom is -0.481 e. The maximum atomic E-state index is 11.3. The van der Waals surface area contributed by atoms with Crippen molar-refractivity contribution in [2.24, 2.45) is 11.8 Å². The van der Waals surface area contributed by atoms with Gasteiger partial charge in [-0.25, -0.2) is 4.98 Å². The minimum absolute atomic E-state index is 0.316. The molecule has 0 spiro atoms. The fourth-order valence-electron chi connectivity index (χ4n) is 3.06. The number of methoxy groups -OCH3 is 1. The summed E-state index contributed by atoms with van der Waals surface area (Å²) in [6.07, 6.45) is 4.75. The standard InChI is InChI=1S/C19H20ClNO2/c1-12(22)17-9-15(17)8-5-13-3-6-14(7-4-13)18-10-16(20)11-21-19(18)23-2/h3-4,6-7,10-11,15,17H,5,8-9H2,1-2H3. The molecule has 1 aromatic carbocycles. The first-order valence-corrected chi connectivity index (χ1v) is 8.25. The topological polar surface area (TPSA) is 39.2 Å². The van der Waals surface area contributed by atoms with Crippen molar-refractivity contribution in [2.45, 2.75) is 26.2 Å². The highest BCUT2D eigenvalue weighted by Crippen LogP contribution is 2.42. The average molecular weight is 330 g/mol. The van der Waals surface area contributed by atoms with Crippen molar-refractivity contribution in [3.63, 3.8) is 0 Å². The van der Waals surface area contributed by atoms with Crippen molar-refractivity contribution in [1.82, 2.24) is 4.98 Å². The molecule has 1 aliphatic rings. The maximum absolute atomic E-state index is 11.3. The highest BCUT2D eigenvalue weighted by Gasteiger charge is 2.39. The van der Waals surface area contributed by atoms with Crippen LogP contribution in [0.3, 0.4) is 0 Å². The van der Waals surface area contributed by atoms with E-state index in [-0.39, 0.29) is 0 Å². The molecule has 0 aliphatic heterocycles. The van der Waals surface area contributed by atoms with Gasteiger partial charge in [0, 0.05) is 17.7 Å². The quantitative estimate of drug-likeness (QED) is 0.779. The van der Waals surface area contributed by atoms with E-state index in [1.807, 2.05) is 6.07 Å². The van der Waals surface area contributed by atoms with Gasteiger partial charge >= 0.3 is 0 Å². The number of hydrogen-bond acceptors (Lipinski definition) is 3. The lowest BCUT2D eigenvalue weighted by molar-refractivity contribution is -0.118. The Labute approximate surface area is 141 Å². The number of hydrogen-bond donors (Lipinski definition) is 0. The van der Waals surface area contributed by atoms with Crippen molar-refractivity contribution in [2.75, 3.05) is 7.11 Å². The molecule has 0 N–H and O–H groups in total. The number of Topliss-reactive ketones (excluding diaryl/α,β-unsaturated/α-hetero) is 1. The van der Waals surface area contributed by atoms with E-state index in [9.17, 15) is 4.79 Å². The number of ketones is 1. The van der Waals surface area contributed by atoms with Gasteiger partial charge in [-0.3, -0.25) is 4.79 Å². The van der Waals surface area contributed by atoms with Crippen molar-refractivity contribution in [3.05, 3.63) is 47.1 Å². The molecule has 0 amide bonds. The molecule has 4 heteroatoms. The highest BCUT2D eigenvalue weighted by atomic mass is 35.5. The third-order valence-corrected chi connectivity index (χ3v) is 4.73. The van der Waals surface area contributed by atoms with Crippen molar-refractivity contribution in [3.8, 4) is 17.0 Å². The van der Waals surface area contributed by atoms with Gasteiger partial charge in [-0.1, -0.05) is 35.9 Å². The van der Waals surface area contributed by atoms with Crippen molar-refractivity contribution < 1.29 is 9.53 Å². The predicted molar refractivity (Wildman–Crippen MR) is 91.8 cm³/mol. The molecule has 1 heterocycles. The first kappa shape index (κ1) is 16.0. The molecule has 1 aliphatic carbocycles. The number of nitrogens with zero attached hydrogens (tertiary/aromatic N) is 1. The van der Waals surface area contributed by atoms with E-state index in [4.69, 9.17) is 16.3 Å². The van der Waals surface area contributed by atoms with Crippen LogP contribution in [-0.4, -0.2) is 17.9 Å². The summed E-state index contributed by atoms with van der Waals surface area (Å²) < 4.78 is 5.30. The summed E-state index contributed by atoms with van der Waals surface area (Å²) >= 11 is 6.04. The number of rotatable bonds is 6. The lowest BCUT2D eigenvalue weighted by Gasteiger charge is -2.09. The largest absolute Gasteiger partial charge is 0.481 e. The Balaban J connectivity index is 1.68. The third-order valence-electron chi connectivity index (χ3n) is 4.52. The smallest absolute Gasteiger partial charge is 0.221 e. The summed E-state index contributed by atoms with van der Waals surface area (Å²) in [5, 5.41) is 0.592. The zero-order valence-corrected chi connectivity index (χ0v) is 14.1. The summed E-state index contributed by atoms with van der Waals surface area (Å²) in [5.41, 5.74) is 3.22. The molecule has 1 aromatic heterocycles. The van der Waals surface area contributed by atoms with Crippen LogP contribution in [0.5, 0.6) is 5.88 Å². The maximum Gasteiger partial charge on any atom is 0.221 e. The molecule has 23 heavy (non-hydrogen) atoms. The number of aromatic nitrogens is 1. The number of aryl methyl sites for hydroxylation is 1. The van der Waals surface area contributed by atoms with Crippen LogP contribution in [0, 0.1) is 11.8 Å². The molecule has 120 valence electrons. The van der Waals surface area contributed by atoms with Crippen LogP contribution in [0.1, 0.15) is 25.3 Å². The molecule has 1 saturated carbocycles. The Bertz CT molecular complexity index is 712. The van der Waals surface area contributed by atoms with Crippen LogP contribution in [-0.2, 0) is 11.2 Å². The molecular formula is C19H20ClNO2. The van der Waals surface area contributed by atoms with Crippen LogP contribution in [0.25, 0.3) is 11.1 Å². The minimum atomic E-state index is 0.316. The van der Waals surface area contributed by atoms with E-state index in [1.54, 1.807) is 20.2 Å². The molecule has 2 aromatic rings. The van der Waals surface area contributed by atoms with Gasteiger partial charge in [0.1, 0.15) is 5.78 Å². The van der Waals surface area contributed by atoms with Gasteiger partial charge in [-0.15, -0.1) is 0 Å². The van der Waals surface area contributed by atoms with Crippen molar-refractivity contribution in [1.29, 1.82) is 0 Å². The van der Waals surface area contributed by atoms with E-state index < -0.39 is 0 Å². The lowest BCUT2D eigenvalue weighted by atomic mass is 10.0. The molecule has 1 fully saturated rings. The fraction of sp³-hybridized carbons (Fsp3) is 0.368. The number of carbonyl (C=O) groups excluding carboxylic acids is 1. The van der Waals surface area contributed by atoms with Crippen molar-refractivity contribution >= 4 is 17.4 Å². The summed E-state index contributed by atoms with van der Waals surface area (Å²) in [6, 6.07) is 10.3. The SMILES string of the molecule is COc1ncc(Cl)cc1-c1ccc(CCC2CC2C(C)=O)cc1. The van der Waals surface area contributed by atoms with Crippen LogP contribution < -0.4 is 4.74 Å². The van der Waals surface area contributed by atoms with E-state index in [0.29, 0.717) is 28.5 Å². The lowest BCUT2D eigenvalue weighted by Crippen LogP contribution is -1.96. The van der Waals surface area contributed by atoms with Gasteiger partial charge in [0.2, 0.25) is 5.88 Å². The van der Waals surface area contributed by atoms with E-state index in [1.165, 1.54) is 5.56 Å². The van der Waals surface area contributed by atoms with Gasteiger partial charge in [0.15, 0.2) is 0 Å². The fourth-order valence-corrected chi connectivity index (χ4v) is 3.22. The summed E-state index contributed by atoms with van der Waals surface area (Å²) in [6.45, 7) is 1.70. The first-order valence-electron chi connectivity index (χ1n) is 7.87. The Hall–Kier alpha value is -1.87.